The Morgan fingerprint density at radius 1 is 1.17 bits per heavy atom. The molecule has 2 aliphatic rings. The molecule has 1 saturated heterocycles. The van der Waals surface area contributed by atoms with E-state index in [9.17, 15) is 0 Å². The quantitative estimate of drug-likeness (QED) is 0.768. The van der Waals surface area contributed by atoms with Crippen LogP contribution < -0.4 is 5.32 Å². The highest BCUT2D eigenvalue weighted by Gasteiger charge is 2.63. The predicted octanol–water partition coefficient (Wildman–Crippen LogP) is 2.36. The summed E-state index contributed by atoms with van der Waals surface area (Å²) in [5.41, 5.74) is 1.01. The van der Waals surface area contributed by atoms with Gasteiger partial charge in [0.2, 0.25) is 0 Å². The second-order valence-corrected chi connectivity index (χ2v) is 7.16. The Kier molecular flexibility index (Phi) is 3.76. The first-order chi connectivity index (χ1) is 8.39. The van der Waals surface area contributed by atoms with E-state index in [1.165, 1.54) is 19.4 Å². The van der Waals surface area contributed by atoms with E-state index in [1.54, 1.807) is 0 Å². The second kappa shape index (κ2) is 4.87. The van der Waals surface area contributed by atoms with Crippen LogP contribution in [-0.2, 0) is 0 Å². The monoisotopic (exact) mass is 248 g/mol. The average molecular weight is 248 g/mol. The van der Waals surface area contributed by atoms with Crippen molar-refractivity contribution in [2.75, 3.05) is 26.2 Å². The van der Waals surface area contributed by atoms with Crippen LogP contribution in [0.4, 0.5) is 0 Å². The van der Waals surface area contributed by atoms with Crippen LogP contribution in [0.25, 0.3) is 0 Å². The third-order valence-corrected chi connectivity index (χ3v) is 5.83. The van der Waals surface area contributed by atoms with E-state index in [4.69, 9.17) is 6.42 Å². The lowest BCUT2D eigenvalue weighted by Crippen LogP contribution is -2.43. The molecule has 1 N–H and O–H groups in total. The zero-order valence-electron chi connectivity index (χ0n) is 12.4. The Morgan fingerprint density at radius 2 is 1.72 bits per heavy atom. The van der Waals surface area contributed by atoms with Crippen LogP contribution >= 0.6 is 0 Å². The van der Waals surface area contributed by atoms with Crippen LogP contribution in [0.2, 0.25) is 0 Å². The standard InChI is InChI=1S/C16H28N2/c1-6-9-18-10-7-13(8-11-18)17-12-14-15(2,3)16(14,4)5/h1,13-14,17H,7-12H2,2-5H3. The summed E-state index contributed by atoms with van der Waals surface area (Å²) in [6, 6.07) is 0.700. The van der Waals surface area contributed by atoms with Crippen molar-refractivity contribution < 1.29 is 0 Å². The topological polar surface area (TPSA) is 15.3 Å². The molecule has 0 atom stereocenters. The van der Waals surface area contributed by atoms with Crippen molar-refractivity contribution in [1.29, 1.82) is 0 Å². The molecule has 1 heterocycles. The van der Waals surface area contributed by atoms with E-state index in [-0.39, 0.29) is 0 Å². The molecule has 0 unspecified atom stereocenters. The molecule has 0 spiro atoms. The van der Waals surface area contributed by atoms with Gasteiger partial charge in [0.1, 0.15) is 0 Å². The van der Waals surface area contributed by atoms with E-state index in [2.05, 4.69) is 43.8 Å². The summed E-state index contributed by atoms with van der Waals surface area (Å²) in [4.78, 5) is 2.38. The third kappa shape index (κ3) is 2.44. The lowest BCUT2D eigenvalue weighted by molar-refractivity contribution is 0.215. The highest BCUT2D eigenvalue weighted by molar-refractivity contribution is 5.13. The van der Waals surface area contributed by atoms with Gasteiger partial charge in [-0.2, -0.15) is 0 Å². The van der Waals surface area contributed by atoms with Crippen LogP contribution in [0.3, 0.4) is 0 Å². The number of hydrogen-bond acceptors (Lipinski definition) is 2. The molecule has 2 fully saturated rings. The number of terminal acetylenes is 1. The predicted molar refractivity (Wildman–Crippen MR) is 77.3 cm³/mol. The van der Waals surface area contributed by atoms with Crippen LogP contribution in [0.1, 0.15) is 40.5 Å². The molecule has 1 saturated carbocycles. The van der Waals surface area contributed by atoms with Crippen LogP contribution in [0.15, 0.2) is 0 Å². The third-order valence-electron chi connectivity index (χ3n) is 5.83. The van der Waals surface area contributed by atoms with Crippen LogP contribution in [0, 0.1) is 29.1 Å². The van der Waals surface area contributed by atoms with E-state index in [0.717, 1.165) is 25.6 Å². The molecule has 18 heavy (non-hydrogen) atoms. The largest absolute Gasteiger partial charge is 0.314 e. The summed E-state index contributed by atoms with van der Waals surface area (Å²) in [6.45, 7) is 13.9. The van der Waals surface area contributed by atoms with Crippen LogP contribution in [0.5, 0.6) is 0 Å². The molecular formula is C16H28N2. The highest BCUT2D eigenvalue weighted by atomic mass is 15.1. The average Bonchev–Trinajstić information content (AvgIpc) is 2.69. The van der Waals surface area contributed by atoms with Crippen molar-refractivity contribution in [1.82, 2.24) is 10.2 Å². The molecule has 1 aliphatic heterocycles. The summed E-state index contributed by atoms with van der Waals surface area (Å²) in [5, 5.41) is 3.78. The van der Waals surface area contributed by atoms with Gasteiger partial charge in [-0.1, -0.05) is 33.6 Å². The zero-order valence-corrected chi connectivity index (χ0v) is 12.4. The molecule has 0 amide bonds. The minimum atomic E-state index is 0.504. The summed E-state index contributed by atoms with van der Waals surface area (Å²) in [6.07, 6.45) is 7.84. The van der Waals surface area contributed by atoms with Gasteiger partial charge < -0.3 is 5.32 Å². The minimum Gasteiger partial charge on any atom is -0.314 e. The van der Waals surface area contributed by atoms with Crippen molar-refractivity contribution in [3.63, 3.8) is 0 Å². The maximum Gasteiger partial charge on any atom is 0.0598 e. The smallest absolute Gasteiger partial charge is 0.0598 e. The molecule has 2 rings (SSSR count). The molecular weight excluding hydrogens is 220 g/mol. The van der Waals surface area contributed by atoms with Gasteiger partial charge in [-0.15, -0.1) is 6.42 Å². The zero-order chi connectivity index (χ0) is 13.4. The lowest BCUT2D eigenvalue weighted by Gasteiger charge is -2.31. The lowest BCUT2D eigenvalue weighted by atomic mass is 10.0. The Labute approximate surface area is 113 Å². The van der Waals surface area contributed by atoms with Gasteiger partial charge in [0.25, 0.3) is 0 Å². The van der Waals surface area contributed by atoms with Gasteiger partial charge in [-0.05, 0) is 36.1 Å². The SMILES string of the molecule is C#CCN1CCC(NCC2C(C)(C)C2(C)C)CC1. The first kappa shape index (κ1) is 13.9. The molecule has 0 radical (unpaired) electrons. The molecule has 0 aromatic carbocycles. The molecule has 1 aliphatic carbocycles. The van der Waals surface area contributed by atoms with E-state index >= 15 is 0 Å². The van der Waals surface area contributed by atoms with Gasteiger partial charge >= 0.3 is 0 Å². The van der Waals surface area contributed by atoms with Gasteiger partial charge in [-0.3, -0.25) is 4.90 Å². The van der Waals surface area contributed by atoms with Gasteiger partial charge in [0.05, 0.1) is 6.54 Å². The van der Waals surface area contributed by atoms with E-state index < -0.39 is 0 Å². The summed E-state index contributed by atoms with van der Waals surface area (Å²) in [7, 11) is 0. The van der Waals surface area contributed by atoms with Crippen molar-refractivity contribution in [2.45, 2.75) is 46.6 Å². The molecule has 0 aromatic rings. The van der Waals surface area contributed by atoms with Crippen LogP contribution in [-0.4, -0.2) is 37.1 Å². The number of rotatable bonds is 4. The Bertz CT molecular complexity index is 315. The number of nitrogens with one attached hydrogen (secondary N) is 1. The Hall–Kier alpha value is -0.520. The first-order valence-corrected chi connectivity index (χ1v) is 7.29. The maximum absolute atomic E-state index is 5.35. The molecule has 2 heteroatoms. The van der Waals surface area contributed by atoms with Gasteiger partial charge in [-0.25, -0.2) is 0 Å². The summed E-state index contributed by atoms with van der Waals surface area (Å²) >= 11 is 0. The highest BCUT2D eigenvalue weighted by Crippen LogP contribution is 2.67. The maximum atomic E-state index is 5.35. The Balaban J connectivity index is 1.70. The number of hydrogen-bond donors (Lipinski definition) is 1. The fourth-order valence-electron chi connectivity index (χ4n) is 3.55. The fourth-order valence-corrected chi connectivity index (χ4v) is 3.55. The molecule has 2 nitrogen and oxygen atoms in total. The number of nitrogens with zero attached hydrogens (tertiary/aromatic N) is 1. The minimum absolute atomic E-state index is 0.504. The normalized spacial score (nSPS) is 27.9. The molecule has 0 bridgehead atoms. The first-order valence-electron chi connectivity index (χ1n) is 7.29. The summed E-state index contributed by atoms with van der Waals surface area (Å²) < 4.78 is 0. The number of likely N-dealkylation sites (tertiary alicyclic amines) is 1. The van der Waals surface area contributed by atoms with Gasteiger partial charge in [0.15, 0.2) is 0 Å². The van der Waals surface area contributed by atoms with Gasteiger partial charge in [0, 0.05) is 19.1 Å². The number of piperidine rings is 1. The molecule has 0 aromatic heterocycles. The summed E-state index contributed by atoms with van der Waals surface area (Å²) in [5.74, 6) is 3.57. The van der Waals surface area contributed by atoms with Crippen molar-refractivity contribution in [3.05, 3.63) is 0 Å². The fraction of sp³-hybridized carbons (Fsp3) is 0.875. The Morgan fingerprint density at radius 3 is 2.17 bits per heavy atom. The van der Waals surface area contributed by atoms with Crippen molar-refractivity contribution in [2.24, 2.45) is 16.7 Å². The molecule has 102 valence electrons. The van der Waals surface area contributed by atoms with Crippen molar-refractivity contribution in [3.8, 4) is 12.3 Å². The second-order valence-electron chi connectivity index (χ2n) is 7.16. The van der Waals surface area contributed by atoms with Crippen molar-refractivity contribution >= 4 is 0 Å². The van der Waals surface area contributed by atoms with E-state index in [1.807, 2.05) is 0 Å². The van der Waals surface area contributed by atoms with E-state index in [0.29, 0.717) is 16.9 Å².